The summed E-state index contributed by atoms with van der Waals surface area (Å²) in [6.07, 6.45) is 0.841. The first-order valence-corrected chi connectivity index (χ1v) is 7.54. The van der Waals surface area contributed by atoms with Gasteiger partial charge in [-0.15, -0.1) is 0 Å². The van der Waals surface area contributed by atoms with Crippen LogP contribution in [0.5, 0.6) is 0 Å². The average Bonchev–Trinajstić information content (AvgIpc) is 2.60. The Labute approximate surface area is 96.8 Å². The second-order valence-corrected chi connectivity index (χ2v) is 6.71. The molecule has 1 aliphatic heterocycles. The Morgan fingerprint density at radius 3 is 2.62 bits per heavy atom. The molecule has 1 aromatic rings. The third-order valence-electron chi connectivity index (χ3n) is 3.05. The molecule has 0 radical (unpaired) electrons. The molecule has 0 bridgehead atoms. The van der Waals surface area contributed by atoms with Gasteiger partial charge in [0.15, 0.2) is 9.84 Å². The standard InChI is InChI=1S/C12H17NO2S/c14-16(15)7-6-12(10-16)9-13-8-11-4-2-1-3-5-11/h1-5,12-13H,6-10H2/p+1/t12-/m1/s1. The predicted octanol–water partition coefficient (Wildman–Crippen LogP) is 0.185. The molecule has 0 aliphatic carbocycles. The van der Waals surface area contributed by atoms with E-state index >= 15 is 0 Å². The Hall–Kier alpha value is -0.870. The SMILES string of the molecule is O=S1(=O)CC[C@H](C[NH2+]Cc2ccccc2)C1. The largest absolute Gasteiger partial charge is 0.342 e. The smallest absolute Gasteiger partial charge is 0.150 e. The number of hydrogen-bond donors (Lipinski definition) is 1. The van der Waals surface area contributed by atoms with Crippen LogP contribution in [0.3, 0.4) is 0 Å². The Morgan fingerprint density at radius 2 is 2.00 bits per heavy atom. The monoisotopic (exact) mass is 240 g/mol. The van der Waals surface area contributed by atoms with Crippen LogP contribution in [0.1, 0.15) is 12.0 Å². The molecule has 3 nitrogen and oxygen atoms in total. The van der Waals surface area contributed by atoms with Crippen molar-refractivity contribution in [1.29, 1.82) is 0 Å². The van der Waals surface area contributed by atoms with E-state index in [9.17, 15) is 8.42 Å². The highest BCUT2D eigenvalue weighted by molar-refractivity contribution is 7.91. The fourth-order valence-corrected chi connectivity index (χ4v) is 4.04. The van der Waals surface area contributed by atoms with Gasteiger partial charge in [0.25, 0.3) is 0 Å². The Balaban J connectivity index is 1.74. The molecule has 1 saturated heterocycles. The molecule has 1 aromatic carbocycles. The summed E-state index contributed by atoms with van der Waals surface area (Å²) in [5.74, 6) is 1.13. The molecule has 88 valence electrons. The van der Waals surface area contributed by atoms with Gasteiger partial charge in [0.05, 0.1) is 18.1 Å². The van der Waals surface area contributed by atoms with Gasteiger partial charge >= 0.3 is 0 Å². The van der Waals surface area contributed by atoms with Crippen molar-refractivity contribution in [3.8, 4) is 0 Å². The van der Waals surface area contributed by atoms with Crippen molar-refractivity contribution in [3.05, 3.63) is 35.9 Å². The summed E-state index contributed by atoms with van der Waals surface area (Å²) in [4.78, 5) is 0. The summed E-state index contributed by atoms with van der Waals surface area (Å²) in [6, 6.07) is 10.3. The molecule has 0 aromatic heterocycles. The van der Waals surface area contributed by atoms with E-state index in [1.807, 2.05) is 18.2 Å². The molecule has 2 rings (SSSR count). The highest BCUT2D eigenvalue weighted by atomic mass is 32.2. The molecule has 16 heavy (non-hydrogen) atoms. The van der Waals surface area contributed by atoms with Crippen molar-refractivity contribution in [1.82, 2.24) is 0 Å². The van der Waals surface area contributed by atoms with Crippen LogP contribution < -0.4 is 5.32 Å². The van der Waals surface area contributed by atoms with Crippen molar-refractivity contribution in [2.24, 2.45) is 5.92 Å². The third-order valence-corrected chi connectivity index (χ3v) is 4.89. The molecule has 0 unspecified atom stereocenters. The highest BCUT2D eigenvalue weighted by Crippen LogP contribution is 2.16. The van der Waals surface area contributed by atoms with Crippen LogP contribution in [-0.4, -0.2) is 26.5 Å². The summed E-state index contributed by atoms with van der Waals surface area (Å²) in [5, 5.41) is 2.21. The minimum absolute atomic E-state index is 0.355. The summed E-state index contributed by atoms with van der Waals surface area (Å²) >= 11 is 0. The molecule has 0 spiro atoms. The molecular formula is C12H18NO2S+. The van der Waals surface area contributed by atoms with Crippen LogP contribution in [0.4, 0.5) is 0 Å². The maximum absolute atomic E-state index is 11.3. The molecule has 1 atom stereocenters. The van der Waals surface area contributed by atoms with Crippen LogP contribution in [-0.2, 0) is 16.4 Å². The Morgan fingerprint density at radius 1 is 1.25 bits per heavy atom. The van der Waals surface area contributed by atoms with Gasteiger partial charge < -0.3 is 5.32 Å². The van der Waals surface area contributed by atoms with Crippen LogP contribution in [0.25, 0.3) is 0 Å². The average molecular weight is 240 g/mol. The molecule has 2 N–H and O–H groups in total. The van der Waals surface area contributed by atoms with Crippen LogP contribution in [0.2, 0.25) is 0 Å². The summed E-state index contributed by atoms with van der Waals surface area (Å²) in [6.45, 7) is 1.87. The van der Waals surface area contributed by atoms with Crippen molar-refractivity contribution >= 4 is 9.84 Å². The van der Waals surface area contributed by atoms with Gasteiger partial charge in [-0.3, -0.25) is 0 Å². The van der Waals surface area contributed by atoms with E-state index in [0.29, 0.717) is 17.4 Å². The number of benzene rings is 1. The lowest BCUT2D eigenvalue weighted by Gasteiger charge is -2.06. The van der Waals surface area contributed by atoms with E-state index in [-0.39, 0.29) is 0 Å². The van der Waals surface area contributed by atoms with Gasteiger partial charge in [0, 0.05) is 11.5 Å². The zero-order valence-corrected chi connectivity index (χ0v) is 10.1. The lowest BCUT2D eigenvalue weighted by Crippen LogP contribution is -2.84. The molecule has 0 amide bonds. The Kier molecular flexibility index (Phi) is 3.61. The molecule has 4 heteroatoms. The van der Waals surface area contributed by atoms with Gasteiger partial charge in [-0.2, -0.15) is 0 Å². The van der Waals surface area contributed by atoms with Gasteiger partial charge in [0.1, 0.15) is 6.54 Å². The summed E-state index contributed by atoms with van der Waals surface area (Å²) < 4.78 is 22.5. The maximum atomic E-state index is 11.3. The van der Waals surface area contributed by atoms with Crippen molar-refractivity contribution < 1.29 is 13.7 Å². The number of nitrogens with two attached hydrogens (primary N) is 1. The molecule has 0 saturated carbocycles. The normalized spacial score (nSPS) is 23.4. The summed E-state index contributed by atoms with van der Waals surface area (Å²) in [5.41, 5.74) is 1.29. The van der Waals surface area contributed by atoms with Gasteiger partial charge in [-0.25, -0.2) is 8.42 Å². The molecular weight excluding hydrogens is 222 g/mol. The molecule has 1 fully saturated rings. The van der Waals surface area contributed by atoms with Crippen LogP contribution >= 0.6 is 0 Å². The van der Waals surface area contributed by atoms with Crippen molar-refractivity contribution in [2.75, 3.05) is 18.1 Å². The minimum atomic E-state index is -2.71. The van der Waals surface area contributed by atoms with Crippen molar-refractivity contribution in [2.45, 2.75) is 13.0 Å². The lowest BCUT2D eigenvalue weighted by atomic mass is 10.1. The van der Waals surface area contributed by atoms with E-state index in [1.54, 1.807) is 0 Å². The quantitative estimate of drug-likeness (QED) is 0.816. The minimum Gasteiger partial charge on any atom is -0.342 e. The zero-order valence-electron chi connectivity index (χ0n) is 9.30. The highest BCUT2D eigenvalue weighted by Gasteiger charge is 2.28. The molecule has 1 heterocycles. The number of hydrogen-bond acceptors (Lipinski definition) is 2. The second-order valence-electron chi connectivity index (χ2n) is 4.48. The van der Waals surface area contributed by atoms with E-state index in [0.717, 1.165) is 19.5 Å². The molecule has 1 aliphatic rings. The van der Waals surface area contributed by atoms with E-state index < -0.39 is 9.84 Å². The van der Waals surface area contributed by atoms with E-state index in [2.05, 4.69) is 17.4 Å². The first kappa shape index (κ1) is 11.6. The van der Waals surface area contributed by atoms with E-state index in [1.165, 1.54) is 5.56 Å². The van der Waals surface area contributed by atoms with Gasteiger partial charge in [-0.05, 0) is 6.42 Å². The fraction of sp³-hybridized carbons (Fsp3) is 0.500. The van der Waals surface area contributed by atoms with Gasteiger partial charge in [0.2, 0.25) is 0 Å². The lowest BCUT2D eigenvalue weighted by molar-refractivity contribution is -0.675. The van der Waals surface area contributed by atoms with Crippen LogP contribution in [0, 0.1) is 5.92 Å². The van der Waals surface area contributed by atoms with Crippen LogP contribution in [0.15, 0.2) is 30.3 Å². The first-order chi connectivity index (χ1) is 7.66. The number of quaternary nitrogens is 1. The second kappa shape index (κ2) is 4.97. The first-order valence-electron chi connectivity index (χ1n) is 5.72. The number of rotatable bonds is 4. The topological polar surface area (TPSA) is 50.8 Å². The predicted molar refractivity (Wildman–Crippen MR) is 63.7 cm³/mol. The maximum Gasteiger partial charge on any atom is 0.150 e. The third kappa shape index (κ3) is 3.32. The van der Waals surface area contributed by atoms with E-state index in [4.69, 9.17) is 0 Å². The fourth-order valence-electron chi connectivity index (χ4n) is 2.16. The van der Waals surface area contributed by atoms with Crippen molar-refractivity contribution in [3.63, 3.8) is 0 Å². The van der Waals surface area contributed by atoms with Gasteiger partial charge in [-0.1, -0.05) is 30.3 Å². The Bertz CT molecular complexity index is 428. The summed E-state index contributed by atoms with van der Waals surface area (Å²) in [7, 11) is -2.71. The zero-order chi connectivity index (χ0) is 11.4. The number of sulfone groups is 1.